The summed E-state index contributed by atoms with van der Waals surface area (Å²) in [6, 6.07) is 4.74. The van der Waals surface area contributed by atoms with Gasteiger partial charge in [0.1, 0.15) is 15.8 Å². The van der Waals surface area contributed by atoms with Crippen molar-refractivity contribution in [3.8, 4) is 0 Å². The number of ether oxygens (including phenoxy) is 1. The summed E-state index contributed by atoms with van der Waals surface area (Å²) in [5.41, 5.74) is -0.160. The average molecular weight is 329 g/mol. The van der Waals surface area contributed by atoms with E-state index in [1.165, 1.54) is 19.2 Å². The summed E-state index contributed by atoms with van der Waals surface area (Å²) in [4.78, 5) is 9.97. The van der Waals surface area contributed by atoms with Crippen molar-refractivity contribution in [1.29, 1.82) is 0 Å². The van der Waals surface area contributed by atoms with Gasteiger partial charge in [0.05, 0.1) is 16.4 Å². The van der Waals surface area contributed by atoms with Crippen molar-refractivity contribution in [1.82, 2.24) is 10.2 Å². The number of benzene rings is 1. The molecule has 8 nitrogen and oxygen atoms in total. The Kier molecular flexibility index (Phi) is 4.60. The lowest BCUT2D eigenvalue weighted by Gasteiger charge is -2.01. The quantitative estimate of drug-likeness (QED) is 0.584. The zero-order chi connectivity index (χ0) is 15.5. The predicted octanol–water partition coefficient (Wildman–Crippen LogP) is 1.57. The lowest BCUT2D eigenvalue weighted by molar-refractivity contribution is -0.384. The lowest BCUT2D eigenvalue weighted by atomic mass is 10.3. The second-order valence-electron chi connectivity index (χ2n) is 4.03. The average Bonchev–Trinajstić information content (AvgIpc) is 2.86. The van der Waals surface area contributed by atoms with E-state index < -0.39 is 14.8 Å². The summed E-state index contributed by atoms with van der Waals surface area (Å²) < 4.78 is 29.3. The van der Waals surface area contributed by atoms with Crippen LogP contribution >= 0.6 is 11.3 Å². The molecule has 2 aromatic rings. The summed E-state index contributed by atoms with van der Waals surface area (Å²) in [6.45, 7) is 0.273. The standard InChI is InChI=1S/C11H11N3O5S2/c1-19-6-10-12-13-11(20-10)7-21(17,18)9-4-2-8(3-5-9)14(15)16/h2-5H,6-7H2,1H3. The van der Waals surface area contributed by atoms with Crippen LogP contribution in [0, 0.1) is 10.1 Å². The van der Waals surface area contributed by atoms with Crippen LogP contribution in [0.25, 0.3) is 0 Å². The third-order valence-corrected chi connectivity index (χ3v) is 5.22. The Labute approximate surface area is 124 Å². The summed E-state index contributed by atoms with van der Waals surface area (Å²) in [5.74, 6) is -0.299. The Bertz CT molecular complexity index is 739. The Morgan fingerprint density at radius 3 is 2.43 bits per heavy atom. The van der Waals surface area contributed by atoms with Crippen molar-refractivity contribution >= 4 is 26.9 Å². The van der Waals surface area contributed by atoms with Crippen molar-refractivity contribution in [2.45, 2.75) is 17.3 Å². The maximum Gasteiger partial charge on any atom is 0.269 e. The van der Waals surface area contributed by atoms with Gasteiger partial charge in [0.2, 0.25) is 0 Å². The van der Waals surface area contributed by atoms with E-state index in [4.69, 9.17) is 4.74 Å². The van der Waals surface area contributed by atoms with Crippen LogP contribution in [-0.2, 0) is 26.9 Å². The molecule has 0 radical (unpaired) electrons. The number of nitrogens with zero attached hydrogens (tertiary/aromatic N) is 3. The number of sulfone groups is 1. The van der Waals surface area contributed by atoms with Crippen molar-refractivity contribution in [2.24, 2.45) is 0 Å². The fourth-order valence-electron chi connectivity index (χ4n) is 1.55. The number of rotatable bonds is 6. The molecule has 1 heterocycles. The SMILES string of the molecule is COCc1nnc(CS(=O)(=O)c2ccc([N+](=O)[O-])cc2)s1. The smallest absolute Gasteiger partial charge is 0.269 e. The van der Waals surface area contributed by atoms with Crippen LogP contribution in [0.15, 0.2) is 29.2 Å². The van der Waals surface area contributed by atoms with Crippen LogP contribution in [0.2, 0.25) is 0 Å². The molecule has 0 bridgehead atoms. The molecule has 0 saturated heterocycles. The first-order valence-corrected chi connectivity index (χ1v) is 8.16. The fraction of sp³-hybridized carbons (Fsp3) is 0.273. The molecular weight excluding hydrogens is 318 g/mol. The van der Waals surface area contributed by atoms with E-state index in [9.17, 15) is 18.5 Å². The molecule has 10 heteroatoms. The maximum atomic E-state index is 12.2. The van der Waals surface area contributed by atoms with Gasteiger partial charge in [-0.15, -0.1) is 10.2 Å². The number of hydrogen-bond donors (Lipinski definition) is 0. The molecule has 0 aliphatic heterocycles. The number of nitro groups is 1. The second kappa shape index (κ2) is 6.24. The van der Waals surface area contributed by atoms with E-state index in [1.807, 2.05) is 0 Å². The highest BCUT2D eigenvalue weighted by Gasteiger charge is 2.19. The van der Waals surface area contributed by atoms with Gasteiger partial charge in [0.25, 0.3) is 5.69 Å². The molecule has 0 N–H and O–H groups in total. The second-order valence-corrected chi connectivity index (χ2v) is 7.17. The van der Waals surface area contributed by atoms with E-state index in [0.717, 1.165) is 23.5 Å². The van der Waals surface area contributed by atoms with Gasteiger partial charge in [-0.3, -0.25) is 10.1 Å². The third kappa shape index (κ3) is 3.80. The van der Waals surface area contributed by atoms with E-state index >= 15 is 0 Å². The fourth-order valence-corrected chi connectivity index (χ4v) is 3.96. The molecule has 0 atom stereocenters. The highest BCUT2D eigenvalue weighted by atomic mass is 32.2. The minimum atomic E-state index is -3.61. The van der Waals surface area contributed by atoms with Gasteiger partial charge in [-0.25, -0.2) is 8.42 Å². The first kappa shape index (κ1) is 15.5. The van der Waals surface area contributed by atoms with Gasteiger partial charge in [-0.1, -0.05) is 11.3 Å². The predicted molar refractivity (Wildman–Crippen MR) is 74.6 cm³/mol. The molecule has 1 aromatic carbocycles. The third-order valence-electron chi connectivity index (χ3n) is 2.50. The minimum absolute atomic E-state index is 0.0107. The topological polar surface area (TPSA) is 112 Å². The Hall–Kier alpha value is -1.91. The maximum absolute atomic E-state index is 12.2. The van der Waals surface area contributed by atoms with Crippen LogP contribution in [0.3, 0.4) is 0 Å². The van der Waals surface area contributed by atoms with Crippen molar-refractivity contribution in [2.75, 3.05) is 7.11 Å². The lowest BCUT2D eigenvalue weighted by Crippen LogP contribution is -2.05. The van der Waals surface area contributed by atoms with Gasteiger partial charge in [-0.2, -0.15) is 0 Å². The molecule has 0 fully saturated rings. The molecule has 0 aliphatic carbocycles. The van der Waals surface area contributed by atoms with Crippen LogP contribution in [0.1, 0.15) is 10.0 Å². The summed E-state index contributed by atoms with van der Waals surface area (Å²) >= 11 is 1.15. The zero-order valence-corrected chi connectivity index (χ0v) is 12.6. The summed E-state index contributed by atoms with van der Waals surface area (Å²) in [5, 5.41) is 19.1. The molecule has 0 amide bonds. The number of methoxy groups -OCH3 is 1. The van der Waals surface area contributed by atoms with E-state index in [2.05, 4.69) is 10.2 Å². The number of hydrogen-bond acceptors (Lipinski definition) is 8. The molecule has 0 aliphatic rings. The summed E-state index contributed by atoms with van der Waals surface area (Å²) in [7, 11) is -2.10. The Morgan fingerprint density at radius 1 is 1.24 bits per heavy atom. The first-order chi connectivity index (χ1) is 9.92. The van der Waals surface area contributed by atoms with Crippen LogP contribution in [0.4, 0.5) is 5.69 Å². The zero-order valence-electron chi connectivity index (χ0n) is 10.9. The Morgan fingerprint density at radius 2 is 1.86 bits per heavy atom. The first-order valence-electron chi connectivity index (χ1n) is 5.70. The highest BCUT2D eigenvalue weighted by molar-refractivity contribution is 7.90. The largest absolute Gasteiger partial charge is 0.377 e. The van der Waals surface area contributed by atoms with Crippen molar-refractivity contribution < 1.29 is 18.1 Å². The van der Waals surface area contributed by atoms with E-state index in [1.54, 1.807) is 0 Å². The van der Waals surface area contributed by atoms with Gasteiger partial charge in [0, 0.05) is 19.2 Å². The molecule has 2 rings (SSSR count). The Balaban J connectivity index is 2.18. The van der Waals surface area contributed by atoms with Gasteiger partial charge >= 0.3 is 0 Å². The normalized spacial score (nSPS) is 11.5. The van der Waals surface area contributed by atoms with E-state index in [-0.39, 0.29) is 22.9 Å². The molecule has 0 unspecified atom stereocenters. The molecule has 0 spiro atoms. The van der Waals surface area contributed by atoms with E-state index in [0.29, 0.717) is 10.0 Å². The van der Waals surface area contributed by atoms with Crippen LogP contribution in [0.5, 0.6) is 0 Å². The molecule has 1 aromatic heterocycles. The number of non-ortho nitro benzene ring substituents is 1. The minimum Gasteiger partial charge on any atom is -0.377 e. The van der Waals surface area contributed by atoms with Crippen molar-refractivity contribution in [3.05, 3.63) is 44.4 Å². The summed E-state index contributed by atoms with van der Waals surface area (Å²) in [6.07, 6.45) is 0. The number of aromatic nitrogens is 2. The highest BCUT2D eigenvalue weighted by Crippen LogP contribution is 2.21. The van der Waals surface area contributed by atoms with Crippen LogP contribution in [-0.4, -0.2) is 30.6 Å². The van der Waals surface area contributed by atoms with Gasteiger partial charge in [0.15, 0.2) is 9.84 Å². The molecular formula is C11H11N3O5S2. The molecule has 112 valence electrons. The van der Waals surface area contributed by atoms with Gasteiger partial charge in [-0.05, 0) is 12.1 Å². The number of nitro benzene ring substituents is 1. The van der Waals surface area contributed by atoms with Crippen molar-refractivity contribution in [3.63, 3.8) is 0 Å². The van der Waals surface area contributed by atoms with Gasteiger partial charge < -0.3 is 4.74 Å². The van der Waals surface area contributed by atoms with Crippen LogP contribution < -0.4 is 0 Å². The monoisotopic (exact) mass is 329 g/mol. The molecule has 0 saturated carbocycles. The molecule has 21 heavy (non-hydrogen) atoms.